The van der Waals surface area contributed by atoms with Crippen LogP contribution in [0.15, 0.2) is 36.5 Å². The molecule has 1 aliphatic rings. The fourth-order valence-electron chi connectivity index (χ4n) is 2.03. The Morgan fingerprint density at radius 1 is 1.26 bits per heavy atom. The fraction of sp³-hybridized carbons (Fsp3) is 0. The Balaban J connectivity index is 2.08. The molecule has 1 aromatic heterocycles. The van der Waals surface area contributed by atoms with Crippen molar-refractivity contribution in [1.29, 1.82) is 0 Å². The number of fused-ring (bicyclic) bond motifs is 1. The number of hydrogen-bond acceptors (Lipinski definition) is 3. The number of H-pyrrole nitrogens is 1. The fourth-order valence-corrected chi connectivity index (χ4v) is 2.03. The molecule has 2 N–H and O–H groups in total. The van der Waals surface area contributed by atoms with Gasteiger partial charge >= 0.3 is 0 Å². The minimum Gasteiger partial charge on any atom is -0.362 e. The third-order valence-corrected chi connectivity index (χ3v) is 2.92. The van der Waals surface area contributed by atoms with Gasteiger partial charge in [-0.25, -0.2) is 0 Å². The normalized spacial score (nSPS) is 15.4. The van der Waals surface area contributed by atoms with Gasteiger partial charge in [0.15, 0.2) is 0 Å². The number of aromatic nitrogens is 1. The molecule has 1 amide bonds. The highest BCUT2D eigenvalue weighted by Gasteiger charge is 2.26. The third kappa shape index (κ3) is 1.89. The number of amides is 1. The molecule has 0 saturated carbocycles. The Morgan fingerprint density at radius 3 is 2.79 bits per heavy atom. The lowest BCUT2D eigenvalue weighted by Gasteiger charge is -1.98. The lowest BCUT2D eigenvalue weighted by molar-refractivity contribution is -0.384. The average molecular weight is 255 g/mol. The van der Waals surface area contributed by atoms with Crippen LogP contribution in [0, 0.1) is 10.1 Å². The Kier molecular flexibility index (Phi) is 2.42. The van der Waals surface area contributed by atoms with Crippen LogP contribution in [0.4, 0.5) is 11.4 Å². The topological polar surface area (TPSA) is 88.0 Å². The first-order valence-corrected chi connectivity index (χ1v) is 5.60. The van der Waals surface area contributed by atoms with Crippen molar-refractivity contribution in [2.45, 2.75) is 0 Å². The second kappa shape index (κ2) is 4.09. The maximum absolute atomic E-state index is 11.9. The van der Waals surface area contributed by atoms with Gasteiger partial charge in [0, 0.05) is 29.6 Å². The molecule has 3 rings (SSSR count). The molecular formula is C13H9N3O3. The Labute approximate surface area is 107 Å². The van der Waals surface area contributed by atoms with Gasteiger partial charge in [0.2, 0.25) is 0 Å². The van der Waals surface area contributed by atoms with Crippen LogP contribution in [-0.2, 0) is 4.79 Å². The number of hydrogen-bond donors (Lipinski definition) is 2. The Morgan fingerprint density at radius 2 is 2.11 bits per heavy atom. The van der Waals surface area contributed by atoms with Crippen LogP contribution in [-0.4, -0.2) is 15.8 Å². The van der Waals surface area contributed by atoms with Crippen molar-refractivity contribution in [3.05, 3.63) is 57.9 Å². The quantitative estimate of drug-likeness (QED) is 0.490. The Hall–Kier alpha value is -2.89. The molecular weight excluding hydrogens is 246 g/mol. The van der Waals surface area contributed by atoms with Gasteiger partial charge in [-0.05, 0) is 24.3 Å². The van der Waals surface area contributed by atoms with Gasteiger partial charge in [0.25, 0.3) is 11.6 Å². The summed E-state index contributed by atoms with van der Waals surface area (Å²) in [6, 6.07) is 8.00. The summed E-state index contributed by atoms with van der Waals surface area (Å²) >= 11 is 0. The molecule has 0 radical (unpaired) electrons. The number of nitrogens with one attached hydrogen (secondary N) is 2. The molecule has 0 saturated heterocycles. The van der Waals surface area contributed by atoms with Crippen LogP contribution in [0.25, 0.3) is 11.6 Å². The number of carbonyl (C=O) groups is 1. The van der Waals surface area contributed by atoms with Crippen LogP contribution < -0.4 is 5.32 Å². The number of aromatic amines is 1. The molecule has 19 heavy (non-hydrogen) atoms. The highest BCUT2D eigenvalue weighted by atomic mass is 16.6. The van der Waals surface area contributed by atoms with Gasteiger partial charge in [-0.1, -0.05) is 0 Å². The van der Waals surface area contributed by atoms with Crippen molar-refractivity contribution in [2.24, 2.45) is 0 Å². The van der Waals surface area contributed by atoms with Gasteiger partial charge in [0.1, 0.15) is 0 Å². The van der Waals surface area contributed by atoms with Gasteiger partial charge in [0.05, 0.1) is 16.2 Å². The summed E-state index contributed by atoms with van der Waals surface area (Å²) in [5.74, 6) is -0.259. The van der Waals surface area contributed by atoms with Crippen LogP contribution >= 0.6 is 0 Å². The highest BCUT2D eigenvalue weighted by molar-refractivity contribution is 6.34. The first-order chi connectivity index (χ1) is 9.15. The van der Waals surface area contributed by atoms with Crippen molar-refractivity contribution in [3.63, 3.8) is 0 Å². The van der Waals surface area contributed by atoms with E-state index in [2.05, 4.69) is 10.3 Å². The lowest BCUT2D eigenvalue weighted by atomic mass is 10.1. The van der Waals surface area contributed by atoms with Gasteiger partial charge < -0.3 is 10.3 Å². The maximum atomic E-state index is 11.9. The van der Waals surface area contributed by atoms with Gasteiger partial charge in [-0.15, -0.1) is 0 Å². The highest BCUT2D eigenvalue weighted by Crippen LogP contribution is 2.35. The summed E-state index contributed by atoms with van der Waals surface area (Å²) in [5, 5.41) is 13.3. The zero-order valence-electron chi connectivity index (χ0n) is 9.71. The van der Waals surface area contributed by atoms with E-state index in [4.69, 9.17) is 0 Å². The van der Waals surface area contributed by atoms with Crippen LogP contribution in [0.1, 0.15) is 11.3 Å². The van der Waals surface area contributed by atoms with Gasteiger partial charge in [-0.3, -0.25) is 14.9 Å². The molecule has 1 aliphatic heterocycles. The predicted molar refractivity (Wildman–Crippen MR) is 70.4 cm³/mol. The number of rotatable bonds is 2. The summed E-state index contributed by atoms with van der Waals surface area (Å²) in [7, 11) is 0. The average Bonchev–Trinajstić information content (AvgIpc) is 2.98. The van der Waals surface area contributed by atoms with Gasteiger partial charge in [-0.2, -0.15) is 0 Å². The van der Waals surface area contributed by atoms with Crippen molar-refractivity contribution >= 4 is 28.9 Å². The van der Waals surface area contributed by atoms with Crippen molar-refractivity contribution < 1.29 is 9.72 Å². The summed E-state index contributed by atoms with van der Waals surface area (Å²) < 4.78 is 0. The minimum atomic E-state index is -0.487. The third-order valence-electron chi connectivity index (χ3n) is 2.92. The second-order valence-electron chi connectivity index (χ2n) is 4.12. The van der Waals surface area contributed by atoms with E-state index in [9.17, 15) is 14.9 Å². The molecule has 6 nitrogen and oxygen atoms in total. The molecule has 2 heterocycles. The maximum Gasteiger partial charge on any atom is 0.271 e. The number of anilines is 1. The molecule has 94 valence electrons. The molecule has 1 aromatic carbocycles. The SMILES string of the molecule is O=C1Nc2cc([N+](=O)[O-])ccc2C1=Cc1ccc[nH]1. The standard InChI is InChI=1S/C13H9N3O3/c17-13-11(6-8-2-1-5-14-8)10-4-3-9(16(18)19)7-12(10)15-13/h1-7,14H,(H,15,17). The summed E-state index contributed by atoms with van der Waals surface area (Å²) in [5.41, 5.74) is 2.39. The number of nitro groups is 1. The van der Waals surface area contributed by atoms with E-state index in [1.807, 2.05) is 12.1 Å². The number of nitrogens with zero attached hydrogens (tertiary/aromatic N) is 1. The second-order valence-corrected chi connectivity index (χ2v) is 4.12. The molecule has 0 aliphatic carbocycles. The zero-order chi connectivity index (χ0) is 13.4. The van der Waals surface area contributed by atoms with Crippen LogP contribution in [0.2, 0.25) is 0 Å². The van der Waals surface area contributed by atoms with E-state index in [0.29, 0.717) is 16.8 Å². The number of benzene rings is 1. The van der Waals surface area contributed by atoms with E-state index in [0.717, 1.165) is 5.69 Å². The molecule has 0 unspecified atom stereocenters. The van der Waals surface area contributed by atoms with Crippen LogP contribution in [0.3, 0.4) is 0 Å². The van der Waals surface area contributed by atoms with E-state index in [1.54, 1.807) is 18.3 Å². The monoisotopic (exact) mass is 255 g/mol. The lowest BCUT2D eigenvalue weighted by Crippen LogP contribution is -2.03. The molecule has 2 aromatic rings. The minimum absolute atomic E-state index is 0.0415. The van der Waals surface area contributed by atoms with Crippen LogP contribution in [0.5, 0.6) is 0 Å². The molecule has 0 atom stereocenters. The summed E-state index contributed by atoms with van der Waals surface area (Å²) in [4.78, 5) is 25.1. The number of nitro benzene ring substituents is 1. The predicted octanol–water partition coefficient (Wildman–Crippen LogP) is 2.42. The number of non-ortho nitro benzene ring substituents is 1. The molecule has 0 fully saturated rings. The van der Waals surface area contributed by atoms with E-state index >= 15 is 0 Å². The van der Waals surface area contributed by atoms with Crippen molar-refractivity contribution in [1.82, 2.24) is 4.98 Å². The zero-order valence-corrected chi connectivity index (χ0v) is 9.71. The first kappa shape index (κ1) is 11.2. The largest absolute Gasteiger partial charge is 0.362 e. The molecule has 0 spiro atoms. The first-order valence-electron chi connectivity index (χ1n) is 5.60. The molecule has 0 bridgehead atoms. The van der Waals surface area contributed by atoms with E-state index < -0.39 is 4.92 Å². The summed E-state index contributed by atoms with van der Waals surface area (Å²) in [6.45, 7) is 0. The number of carbonyl (C=O) groups excluding carboxylic acids is 1. The van der Waals surface area contributed by atoms with E-state index in [1.165, 1.54) is 12.1 Å². The van der Waals surface area contributed by atoms with Crippen molar-refractivity contribution in [3.8, 4) is 0 Å². The van der Waals surface area contributed by atoms with E-state index in [-0.39, 0.29) is 11.6 Å². The summed E-state index contributed by atoms with van der Waals surface area (Å²) in [6.07, 6.45) is 3.48. The molecule has 6 heteroatoms. The smallest absolute Gasteiger partial charge is 0.271 e. The Bertz CT molecular complexity index is 702. The van der Waals surface area contributed by atoms with Crippen molar-refractivity contribution in [2.75, 3.05) is 5.32 Å².